The molecule has 0 spiro atoms. The lowest BCUT2D eigenvalue weighted by Crippen LogP contribution is -2.45. The summed E-state index contributed by atoms with van der Waals surface area (Å²) in [5.41, 5.74) is -0.194. The molecule has 0 saturated carbocycles. The van der Waals surface area contributed by atoms with E-state index >= 15 is 0 Å². The number of nitrogens with zero attached hydrogens (tertiary/aromatic N) is 2. The zero-order valence-electron chi connectivity index (χ0n) is 13.9. The minimum Gasteiger partial charge on any atom is -0.545 e. The highest BCUT2D eigenvalue weighted by atomic mass is 16.6. The molecule has 1 aromatic carbocycles. The Kier molecular flexibility index (Phi) is 5.54. The topological polar surface area (TPSA) is 104 Å². The van der Waals surface area contributed by atoms with E-state index in [0.717, 1.165) is 31.7 Å². The molecule has 0 radical (unpaired) electrons. The number of benzene rings is 1. The second-order valence-corrected chi connectivity index (χ2v) is 6.04. The van der Waals surface area contributed by atoms with Crippen molar-refractivity contribution < 1.29 is 19.6 Å². The molecule has 0 atom stereocenters. The lowest BCUT2D eigenvalue weighted by Gasteiger charge is -2.36. The van der Waals surface area contributed by atoms with Crippen molar-refractivity contribution in [1.82, 2.24) is 4.90 Å². The van der Waals surface area contributed by atoms with E-state index in [9.17, 15) is 24.8 Å². The van der Waals surface area contributed by atoms with Gasteiger partial charge in [0.05, 0.1) is 16.5 Å². The van der Waals surface area contributed by atoms with Crippen LogP contribution in [0.2, 0.25) is 0 Å². The SMILES string of the molecule is CCCC(CCC)N1CCc2c(C(=O)[O-])cc([N+](=O)[O-])cc2C1=O. The van der Waals surface area contributed by atoms with Gasteiger partial charge in [0.25, 0.3) is 11.6 Å². The third-order valence-corrected chi connectivity index (χ3v) is 4.44. The number of carbonyl (C=O) groups excluding carboxylic acids is 2. The van der Waals surface area contributed by atoms with Crippen LogP contribution in [0.4, 0.5) is 5.69 Å². The van der Waals surface area contributed by atoms with Crippen LogP contribution in [0.3, 0.4) is 0 Å². The maximum atomic E-state index is 12.8. The van der Waals surface area contributed by atoms with Gasteiger partial charge in [0.1, 0.15) is 0 Å². The van der Waals surface area contributed by atoms with Gasteiger partial charge in [-0.25, -0.2) is 0 Å². The summed E-state index contributed by atoms with van der Waals surface area (Å²) in [7, 11) is 0. The van der Waals surface area contributed by atoms with Gasteiger partial charge in [-0.2, -0.15) is 0 Å². The molecule has 24 heavy (non-hydrogen) atoms. The van der Waals surface area contributed by atoms with Crippen molar-refractivity contribution in [1.29, 1.82) is 0 Å². The molecule has 2 rings (SSSR count). The summed E-state index contributed by atoms with van der Waals surface area (Å²) in [4.78, 5) is 36.3. The highest BCUT2D eigenvalue weighted by molar-refractivity contribution is 6.01. The molecule has 0 fully saturated rings. The van der Waals surface area contributed by atoms with Gasteiger partial charge in [-0.3, -0.25) is 14.9 Å². The summed E-state index contributed by atoms with van der Waals surface area (Å²) in [6.45, 7) is 4.52. The first-order chi connectivity index (χ1) is 11.4. The number of carboxylic acids is 1. The van der Waals surface area contributed by atoms with Crippen molar-refractivity contribution in [2.45, 2.75) is 52.0 Å². The highest BCUT2D eigenvalue weighted by Crippen LogP contribution is 2.30. The van der Waals surface area contributed by atoms with E-state index in [-0.39, 0.29) is 23.1 Å². The summed E-state index contributed by atoms with van der Waals surface area (Å²) in [5, 5.41) is 22.4. The number of hydrogen-bond acceptors (Lipinski definition) is 5. The molecule has 7 nitrogen and oxygen atoms in total. The predicted octanol–water partition coefficient (Wildman–Crippen LogP) is 1.93. The Morgan fingerprint density at radius 2 is 1.92 bits per heavy atom. The molecule has 1 aliphatic heterocycles. The van der Waals surface area contributed by atoms with E-state index in [4.69, 9.17) is 0 Å². The summed E-state index contributed by atoms with van der Waals surface area (Å²) in [6, 6.07) is 2.24. The average Bonchev–Trinajstić information content (AvgIpc) is 2.54. The Morgan fingerprint density at radius 3 is 2.42 bits per heavy atom. The maximum absolute atomic E-state index is 12.8. The van der Waals surface area contributed by atoms with Crippen LogP contribution < -0.4 is 5.11 Å². The zero-order chi connectivity index (χ0) is 17.9. The number of nitro groups is 1. The molecular weight excluding hydrogens is 312 g/mol. The fourth-order valence-corrected chi connectivity index (χ4v) is 3.36. The Hall–Kier alpha value is -2.44. The summed E-state index contributed by atoms with van der Waals surface area (Å²) >= 11 is 0. The standard InChI is InChI=1S/C17H22N2O5/c1-3-5-11(6-4-2)18-8-7-13-14(16(18)20)9-12(19(23)24)10-15(13)17(21)22/h9-11H,3-8H2,1-2H3,(H,21,22)/p-1. The number of carboxylic acid groups (broad SMARTS) is 1. The first kappa shape index (κ1) is 17.9. The van der Waals surface area contributed by atoms with Gasteiger partial charge >= 0.3 is 0 Å². The second-order valence-electron chi connectivity index (χ2n) is 6.04. The lowest BCUT2D eigenvalue weighted by atomic mass is 9.91. The molecule has 0 aliphatic carbocycles. The minimum absolute atomic E-state index is 0.0753. The number of hydrogen-bond donors (Lipinski definition) is 0. The smallest absolute Gasteiger partial charge is 0.270 e. The zero-order valence-corrected chi connectivity index (χ0v) is 13.9. The number of nitro benzene ring substituents is 1. The Bertz CT molecular complexity index is 665. The molecule has 1 heterocycles. The molecule has 0 saturated heterocycles. The quantitative estimate of drug-likeness (QED) is 0.560. The van der Waals surface area contributed by atoms with E-state index < -0.39 is 16.6 Å². The Morgan fingerprint density at radius 1 is 1.29 bits per heavy atom. The number of fused-ring (bicyclic) bond motifs is 1. The van der Waals surface area contributed by atoms with Crippen molar-refractivity contribution in [2.24, 2.45) is 0 Å². The van der Waals surface area contributed by atoms with Crippen molar-refractivity contribution in [2.75, 3.05) is 6.54 Å². The van der Waals surface area contributed by atoms with Crippen LogP contribution in [0.5, 0.6) is 0 Å². The molecule has 0 N–H and O–H groups in total. The van der Waals surface area contributed by atoms with Gasteiger partial charge < -0.3 is 14.8 Å². The molecule has 1 aliphatic rings. The maximum Gasteiger partial charge on any atom is 0.270 e. The van der Waals surface area contributed by atoms with Crippen molar-refractivity contribution >= 4 is 17.6 Å². The van der Waals surface area contributed by atoms with E-state index in [1.165, 1.54) is 6.07 Å². The van der Waals surface area contributed by atoms with E-state index in [0.29, 0.717) is 18.5 Å². The predicted molar refractivity (Wildman–Crippen MR) is 85.8 cm³/mol. The van der Waals surface area contributed by atoms with Crippen LogP contribution in [0, 0.1) is 10.1 Å². The van der Waals surface area contributed by atoms with E-state index in [1.54, 1.807) is 4.90 Å². The average molecular weight is 333 g/mol. The van der Waals surface area contributed by atoms with Crippen molar-refractivity contribution in [3.63, 3.8) is 0 Å². The van der Waals surface area contributed by atoms with Gasteiger partial charge in [-0.15, -0.1) is 0 Å². The lowest BCUT2D eigenvalue weighted by molar-refractivity contribution is -0.385. The fourth-order valence-electron chi connectivity index (χ4n) is 3.36. The van der Waals surface area contributed by atoms with Crippen molar-refractivity contribution in [3.05, 3.63) is 38.9 Å². The molecule has 1 amide bonds. The number of rotatable bonds is 7. The third-order valence-electron chi connectivity index (χ3n) is 4.44. The number of non-ortho nitro benzene ring substituents is 1. The van der Waals surface area contributed by atoms with Crippen LogP contribution in [0.1, 0.15) is 65.8 Å². The molecule has 0 unspecified atom stereocenters. The third kappa shape index (κ3) is 3.39. The van der Waals surface area contributed by atoms with Crippen molar-refractivity contribution in [3.8, 4) is 0 Å². The summed E-state index contributed by atoms with van der Waals surface area (Å²) in [6.07, 6.45) is 3.95. The second kappa shape index (κ2) is 7.42. The van der Waals surface area contributed by atoms with Gasteiger partial charge in [0, 0.05) is 30.3 Å². The normalized spacial score (nSPS) is 14.0. The molecular formula is C17H21N2O5-. The van der Waals surface area contributed by atoms with Gasteiger partial charge in [0.15, 0.2) is 0 Å². The summed E-state index contributed by atoms with van der Waals surface area (Å²) in [5.74, 6) is -1.82. The molecule has 0 aromatic heterocycles. The monoisotopic (exact) mass is 333 g/mol. The first-order valence-electron chi connectivity index (χ1n) is 8.24. The van der Waals surface area contributed by atoms with Gasteiger partial charge in [-0.05, 0) is 24.8 Å². The largest absolute Gasteiger partial charge is 0.545 e. The van der Waals surface area contributed by atoms with Crippen LogP contribution >= 0.6 is 0 Å². The molecule has 130 valence electrons. The summed E-state index contributed by atoms with van der Waals surface area (Å²) < 4.78 is 0. The first-order valence-corrected chi connectivity index (χ1v) is 8.24. The highest BCUT2D eigenvalue weighted by Gasteiger charge is 2.32. The van der Waals surface area contributed by atoms with E-state index in [1.807, 2.05) is 13.8 Å². The van der Waals surface area contributed by atoms with Gasteiger partial charge in [0.2, 0.25) is 0 Å². The Balaban J connectivity index is 2.48. The fraction of sp³-hybridized carbons (Fsp3) is 0.529. The molecule has 1 aromatic rings. The Labute approximate surface area is 140 Å². The van der Waals surface area contributed by atoms with Crippen LogP contribution in [-0.4, -0.2) is 34.3 Å². The molecule has 7 heteroatoms. The molecule has 0 bridgehead atoms. The minimum atomic E-state index is -1.49. The van der Waals surface area contributed by atoms with E-state index in [2.05, 4.69) is 0 Å². The van der Waals surface area contributed by atoms with Gasteiger partial charge in [-0.1, -0.05) is 26.7 Å². The number of aromatic carboxylic acids is 1. The number of amides is 1. The number of carbonyl (C=O) groups is 2. The van der Waals surface area contributed by atoms with Crippen LogP contribution in [-0.2, 0) is 6.42 Å². The van der Waals surface area contributed by atoms with Crippen LogP contribution in [0.15, 0.2) is 12.1 Å². The van der Waals surface area contributed by atoms with Crippen LogP contribution in [0.25, 0.3) is 0 Å².